The molecule has 0 unspecified atom stereocenters. The molecule has 0 spiro atoms. The molecule has 0 atom stereocenters. The fourth-order valence-electron chi connectivity index (χ4n) is 3.74. The van der Waals surface area contributed by atoms with Gasteiger partial charge in [-0.25, -0.2) is 4.79 Å². The van der Waals surface area contributed by atoms with Gasteiger partial charge < -0.3 is 9.47 Å². The van der Waals surface area contributed by atoms with Gasteiger partial charge in [0, 0.05) is 5.56 Å². The van der Waals surface area contributed by atoms with Gasteiger partial charge in [0.15, 0.2) is 0 Å². The molecule has 0 aliphatic carbocycles. The van der Waals surface area contributed by atoms with Gasteiger partial charge in [-0.2, -0.15) is 0 Å². The maximum Gasteiger partial charge on any atom is 0.338 e. The second-order valence-electron chi connectivity index (χ2n) is 6.88. The monoisotopic (exact) mass is 366 g/mol. The molecule has 3 heteroatoms. The van der Waals surface area contributed by atoms with E-state index in [0.29, 0.717) is 18.8 Å². The standard InChI is InChI=1S/C25H18O3/c26-25-22-14-19-13-20(27-15-17-7-3-1-4-8-17)11-12-21(19)24(23(22)16-28-25)18-9-5-2-6-10-18/h1-14H,15-16H2. The summed E-state index contributed by atoms with van der Waals surface area (Å²) >= 11 is 0. The minimum absolute atomic E-state index is 0.260. The van der Waals surface area contributed by atoms with Gasteiger partial charge in [-0.3, -0.25) is 0 Å². The van der Waals surface area contributed by atoms with Crippen molar-refractivity contribution < 1.29 is 14.3 Å². The lowest BCUT2D eigenvalue weighted by Gasteiger charge is -2.13. The fourth-order valence-corrected chi connectivity index (χ4v) is 3.74. The number of esters is 1. The minimum atomic E-state index is -0.260. The van der Waals surface area contributed by atoms with E-state index in [0.717, 1.165) is 38.8 Å². The van der Waals surface area contributed by atoms with Crippen molar-refractivity contribution >= 4 is 16.7 Å². The Morgan fingerprint density at radius 2 is 1.61 bits per heavy atom. The molecule has 0 bridgehead atoms. The SMILES string of the molecule is O=C1OCc2c1cc1cc(OCc3ccccc3)ccc1c2-c1ccccc1. The molecule has 28 heavy (non-hydrogen) atoms. The number of carbonyl (C=O) groups excluding carboxylic acids is 1. The summed E-state index contributed by atoms with van der Waals surface area (Å²) in [5, 5.41) is 2.07. The van der Waals surface area contributed by atoms with Crippen LogP contribution in [0.25, 0.3) is 21.9 Å². The smallest absolute Gasteiger partial charge is 0.338 e. The van der Waals surface area contributed by atoms with Crippen LogP contribution in [0.3, 0.4) is 0 Å². The van der Waals surface area contributed by atoms with E-state index < -0.39 is 0 Å². The van der Waals surface area contributed by atoms with Crippen LogP contribution in [-0.4, -0.2) is 5.97 Å². The summed E-state index contributed by atoms with van der Waals surface area (Å²) in [7, 11) is 0. The Morgan fingerprint density at radius 3 is 2.39 bits per heavy atom. The van der Waals surface area contributed by atoms with Gasteiger partial charge in [0.1, 0.15) is 19.0 Å². The summed E-state index contributed by atoms with van der Waals surface area (Å²) in [6.45, 7) is 0.825. The molecule has 0 saturated heterocycles. The van der Waals surface area contributed by atoms with E-state index in [4.69, 9.17) is 9.47 Å². The Labute approximate surface area is 163 Å². The average molecular weight is 366 g/mol. The number of fused-ring (bicyclic) bond motifs is 2. The van der Waals surface area contributed by atoms with Crippen molar-refractivity contribution in [3.05, 3.63) is 102 Å². The highest BCUT2D eigenvalue weighted by Gasteiger charge is 2.26. The lowest BCUT2D eigenvalue weighted by molar-refractivity contribution is 0.0535. The number of hydrogen-bond donors (Lipinski definition) is 0. The minimum Gasteiger partial charge on any atom is -0.489 e. The third-order valence-electron chi connectivity index (χ3n) is 5.10. The van der Waals surface area contributed by atoms with Crippen LogP contribution >= 0.6 is 0 Å². The molecule has 5 rings (SSSR count). The van der Waals surface area contributed by atoms with Gasteiger partial charge in [0.05, 0.1) is 5.56 Å². The van der Waals surface area contributed by atoms with Crippen molar-refractivity contribution in [3.8, 4) is 16.9 Å². The van der Waals surface area contributed by atoms with Gasteiger partial charge in [0.25, 0.3) is 0 Å². The molecule has 4 aromatic carbocycles. The Hall–Kier alpha value is -3.59. The first-order valence-corrected chi connectivity index (χ1v) is 9.28. The van der Waals surface area contributed by atoms with E-state index in [9.17, 15) is 4.79 Å². The van der Waals surface area contributed by atoms with Crippen molar-refractivity contribution in [3.63, 3.8) is 0 Å². The van der Waals surface area contributed by atoms with E-state index in [1.165, 1.54) is 0 Å². The molecule has 0 N–H and O–H groups in total. The van der Waals surface area contributed by atoms with Crippen LogP contribution in [0.2, 0.25) is 0 Å². The highest BCUT2D eigenvalue weighted by Crippen LogP contribution is 2.39. The average Bonchev–Trinajstić information content (AvgIpc) is 3.12. The first-order valence-electron chi connectivity index (χ1n) is 9.28. The molecule has 1 heterocycles. The summed E-state index contributed by atoms with van der Waals surface area (Å²) in [4.78, 5) is 12.2. The van der Waals surface area contributed by atoms with Crippen LogP contribution < -0.4 is 4.74 Å². The zero-order valence-electron chi connectivity index (χ0n) is 15.2. The van der Waals surface area contributed by atoms with Gasteiger partial charge in [0.2, 0.25) is 0 Å². The molecular formula is C25H18O3. The molecule has 0 amide bonds. The normalized spacial score (nSPS) is 12.6. The molecule has 4 aromatic rings. The predicted octanol–water partition coefficient (Wildman–Crippen LogP) is 5.76. The summed E-state index contributed by atoms with van der Waals surface area (Å²) in [6, 6.07) is 28.2. The Bertz CT molecular complexity index is 1160. The predicted molar refractivity (Wildman–Crippen MR) is 109 cm³/mol. The summed E-state index contributed by atoms with van der Waals surface area (Å²) in [5.74, 6) is 0.520. The quantitative estimate of drug-likeness (QED) is 0.431. The third kappa shape index (κ3) is 2.91. The van der Waals surface area contributed by atoms with E-state index in [1.807, 2.05) is 66.7 Å². The number of carbonyl (C=O) groups is 1. The molecular weight excluding hydrogens is 348 g/mol. The number of hydrogen-bond acceptors (Lipinski definition) is 3. The number of rotatable bonds is 4. The zero-order chi connectivity index (χ0) is 18.9. The zero-order valence-corrected chi connectivity index (χ0v) is 15.2. The first kappa shape index (κ1) is 16.6. The van der Waals surface area contributed by atoms with Gasteiger partial charge in [-0.1, -0.05) is 66.7 Å². The Morgan fingerprint density at radius 1 is 0.857 bits per heavy atom. The third-order valence-corrected chi connectivity index (χ3v) is 5.10. The Kier molecular flexibility index (Phi) is 4.06. The van der Waals surface area contributed by atoms with E-state index in [1.54, 1.807) is 0 Å². The summed E-state index contributed by atoms with van der Waals surface area (Å²) in [6.07, 6.45) is 0. The van der Waals surface area contributed by atoms with Crippen LogP contribution in [0.4, 0.5) is 0 Å². The van der Waals surface area contributed by atoms with Gasteiger partial charge in [-0.05, 0) is 45.7 Å². The second-order valence-corrected chi connectivity index (χ2v) is 6.88. The van der Waals surface area contributed by atoms with Crippen LogP contribution in [0, 0.1) is 0 Å². The summed E-state index contributed by atoms with van der Waals surface area (Å²) in [5.41, 5.74) is 4.87. The van der Waals surface area contributed by atoms with E-state index in [-0.39, 0.29) is 5.97 Å². The molecule has 0 radical (unpaired) electrons. The highest BCUT2D eigenvalue weighted by molar-refractivity contribution is 6.07. The van der Waals surface area contributed by atoms with Crippen LogP contribution in [-0.2, 0) is 18.0 Å². The maximum absolute atomic E-state index is 12.2. The number of ether oxygens (including phenoxy) is 2. The van der Waals surface area contributed by atoms with Gasteiger partial charge in [-0.15, -0.1) is 0 Å². The van der Waals surface area contributed by atoms with Crippen LogP contribution in [0.15, 0.2) is 84.9 Å². The van der Waals surface area contributed by atoms with Crippen molar-refractivity contribution in [1.29, 1.82) is 0 Å². The van der Waals surface area contributed by atoms with Gasteiger partial charge >= 0.3 is 5.97 Å². The van der Waals surface area contributed by atoms with E-state index in [2.05, 4.69) is 18.2 Å². The first-order chi connectivity index (χ1) is 13.8. The molecule has 3 nitrogen and oxygen atoms in total. The van der Waals surface area contributed by atoms with Crippen molar-refractivity contribution in [2.75, 3.05) is 0 Å². The van der Waals surface area contributed by atoms with Crippen LogP contribution in [0.5, 0.6) is 5.75 Å². The molecule has 1 aliphatic heterocycles. The lowest BCUT2D eigenvalue weighted by Crippen LogP contribution is -1.97. The second kappa shape index (κ2) is 6.86. The summed E-state index contributed by atoms with van der Waals surface area (Å²) < 4.78 is 11.3. The molecule has 0 fully saturated rings. The van der Waals surface area contributed by atoms with E-state index >= 15 is 0 Å². The molecule has 0 aromatic heterocycles. The number of benzene rings is 4. The molecule has 1 aliphatic rings. The molecule has 136 valence electrons. The van der Waals surface area contributed by atoms with Crippen molar-refractivity contribution in [2.24, 2.45) is 0 Å². The largest absolute Gasteiger partial charge is 0.489 e. The Balaban J connectivity index is 1.60. The van der Waals surface area contributed by atoms with Crippen molar-refractivity contribution in [1.82, 2.24) is 0 Å². The fraction of sp³-hybridized carbons (Fsp3) is 0.0800. The highest BCUT2D eigenvalue weighted by atomic mass is 16.5. The van der Waals surface area contributed by atoms with Crippen LogP contribution in [0.1, 0.15) is 21.5 Å². The lowest BCUT2D eigenvalue weighted by atomic mass is 9.91. The number of cyclic esters (lactones) is 1. The molecule has 0 saturated carbocycles. The topological polar surface area (TPSA) is 35.5 Å². The van der Waals surface area contributed by atoms with Crippen molar-refractivity contribution in [2.45, 2.75) is 13.2 Å². The maximum atomic E-state index is 12.2.